The molecular formula is C36H65NO3. The van der Waals surface area contributed by atoms with E-state index in [9.17, 15) is 9.59 Å². The van der Waals surface area contributed by atoms with Crippen LogP contribution >= 0.6 is 0 Å². The normalized spacial score (nSPS) is 15.7. The van der Waals surface area contributed by atoms with Crippen LogP contribution < -0.4 is 5.32 Å². The molecule has 1 aliphatic carbocycles. The Balaban J connectivity index is 3.29. The highest BCUT2D eigenvalue weighted by molar-refractivity contribution is 5.77. The summed E-state index contributed by atoms with van der Waals surface area (Å²) in [5.41, 5.74) is 1.61. The van der Waals surface area contributed by atoms with Gasteiger partial charge in [-0.3, -0.25) is 9.59 Å². The second-order valence-corrected chi connectivity index (χ2v) is 12.6. The molecule has 1 aliphatic rings. The van der Waals surface area contributed by atoms with Crippen molar-refractivity contribution in [2.24, 2.45) is 10.8 Å². The predicted molar refractivity (Wildman–Crippen MR) is 172 cm³/mol. The molecule has 0 bridgehead atoms. The van der Waals surface area contributed by atoms with Crippen molar-refractivity contribution in [3.63, 3.8) is 0 Å². The van der Waals surface area contributed by atoms with E-state index in [2.05, 4.69) is 51.2 Å². The molecule has 0 aliphatic heterocycles. The average molecular weight is 560 g/mol. The van der Waals surface area contributed by atoms with Crippen molar-refractivity contribution >= 4 is 11.9 Å². The highest BCUT2D eigenvalue weighted by atomic mass is 16.4. The van der Waals surface area contributed by atoms with Crippen molar-refractivity contribution < 1.29 is 14.7 Å². The largest absolute Gasteiger partial charge is 0.481 e. The highest BCUT2D eigenvalue weighted by Gasteiger charge is 2.47. The summed E-state index contributed by atoms with van der Waals surface area (Å²) in [6.07, 6.45) is 34.1. The Bertz CT molecular complexity index is 714. The van der Waals surface area contributed by atoms with Crippen LogP contribution in [0, 0.1) is 10.8 Å². The maximum absolute atomic E-state index is 12.5. The van der Waals surface area contributed by atoms with Crippen molar-refractivity contribution in [2.75, 3.05) is 6.54 Å². The quantitative estimate of drug-likeness (QED) is 0.104. The molecule has 0 aromatic rings. The van der Waals surface area contributed by atoms with E-state index < -0.39 is 5.97 Å². The van der Waals surface area contributed by atoms with Gasteiger partial charge in [0.15, 0.2) is 0 Å². The van der Waals surface area contributed by atoms with Crippen molar-refractivity contribution in [1.82, 2.24) is 5.32 Å². The van der Waals surface area contributed by atoms with Gasteiger partial charge in [0.05, 0.1) is 0 Å². The minimum atomic E-state index is -0.837. The molecule has 1 amide bonds. The lowest BCUT2D eigenvalue weighted by Gasteiger charge is -2.51. The zero-order chi connectivity index (χ0) is 29.5. The monoisotopic (exact) mass is 559 g/mol. The zero-order valence-electron chi connectivity index (χ0n) is 27.0. The van der Waals surface area contributed by atoms with Crippen molar-refractivity contribution in [1.29, 1.82) is 0 Å². The Morgan fingerprint density at radius 2 is 1.07 bits per heavy atom. The smallest absolute Gasteiger partial charge is 0.303 e. The number of allylic oxidation sites excluding steroid dienone is 2. The van der Waals surface area contributed by atoms with Gasteiger partial charge in [-0.05, 0) is 48.5 Å². The van der Waals surface area contributed by atoms with E-state index in [0.717, 1.165) is 0 Å². The topological polar surface area (TPSA) is 66.4 Å². The van der Waals surface area contributed by atoms with Crippen LogP contribution in [-0.4, -0.2) is 23.5 Å². The van der Waals surface area contributed by atoms with E-state index in [0.29, 0.717) is 13.0 Å². The lowest BCUT2D eigenvalue weighted by molar-refractivity contribution is -0.137. The maximum atomic E-state index is 12.5. The lowest BCUT2D eigenvalue weighted by Crippen LogP contribution is -2.42. The van der Waals surface area contributed by atoms with E-state index in [1.54, 1.807) is 0 Å². The molecular weight excluding hydrogens is 494 g/mol. The SMILES string of the molecule is CCCCCCC1(CCCCCC)C=CC(CNC(=O)CCCC(=O)O)=CC1(CCCCCC)CCCCCC. The molecule has 0 fully saturated rings. The third-order valence-corrected chi connectivity index (χ3v) is 9.26. The fraction of sp³-hybridized carbons (Fsp3) is 0.833. The van der Waals surface area contributed by atoms with Gasteiger partial charge in [-0.15, -0.1) is 0 Å². The summed E-state index contributed by atoms with van der Waals surface area (Å²) in [7, 11) is 0. The van der Waals surface area contributed by atoms with Crippen LogP contribution in [0.4, 0.5) is 0 Å². The first-order valence-corrected chi connectivity index (χ1v) is 17.3. The molecule has 4 heteroatoms. The minimum Gasteiger partial charge on any atom is -0.481 e. The van der Waals surface area contributed by atoms with Crippen LogP contribution in [0.25, 0.3) is 0 Å². The maximum Gasteiger partial charge on any atom is 0.303 e. The standard InChI is InChI=1S/C36H65NO3/c1-5-9-13-17-25-35(26-18-14-10-6-2)29-24-32(31-37-33(38)22-21-23-34(39)40)30-36(35,27-19-15-11-7-3)28-20-16-12-8-4/h24,29-30H,5-23,25-28,31H2,1-4H3,(H,37,38)(H,39,40). The van der Waals surface area contributed by atoms with Crippen LogP contribution in [0.5, 0.6) is 0 Å². The fourth-order valence-corrected chi connectivity index (χ4v) is 6.80. The molecule has 0 spiro atoms. The Hall–Kier alpha value is -1.58. The molecule has 0 saturated carbocycles. The van der Waals surface area contributed by atoms with Gasteiger partial charge in [0.1, 0.15) is 0 Å². The molecule has 0 aromatic carbocycles. The Morgan fingerprint density at radius 1 is 0.625 bits per heavy atom. The summed E-state index contributed by atoms with van der Waals surface area (Å²) in [5.74, 6) is -0.876. The number of rotatable bonds is 26. The van der Waals surface area contributed by atoms with E-state index in [-0.39, 0.29) is 29.6 Å². The Kier molecular flexibility index (Phi) is 20.1. The van der Waals surface area contributed by atoms with Crippen LogP contribution in [0.15, 0.2) is 23.8 Å². The van der Waals surface area contributed by atoms with Crippen molar-refractivity contribution in [3.05, 3.63) is 23.8 Å². The van der Waals surface area contributed by atoms with Crippen LogP contribution in [-0.2, 0) is 9.59 Å². The van der Waals surface area contributed by atoms with Gasteiger partial charge in [0.2, 0.25) is 5.91 Å². The van der Waals surface area contributed by atoms with Gasteiger partial charge in [-0.25, -0.2) is 0 Å². The fourth-order valence-electron chi connectivity index (χ4n) is 6.80. The van der Waals surface area contributed by atoms with Crippen molar-refractivity contribution in [3.8, 4) is 0 Å². The minimum absolute atomic E-state index is 0.0389. The summed E-state index contributed by atoms with van der Waals surface area (Å²) in [5, 5.41) is 12.0. The van der Waals surface area contributed by atoms with E-state index in [4.69, 9.17) is 5.11 Å². The second-order valence-electron chi connectivity index (χ2n) is 12.6. The van der Waals surface area contributed by atoms with Gasteiger partial charge in [-0.2, -0.15) is 0 Å². The number of carboxylic acid groups (broad SMARTS) is 1. The number of unbranched alkanes of at least 4 members (excludes halogenated alkanes) is 12. The highest BCUT2D eigenvalue weighted by Crippen LogP contribution is 2.58. The molecule has 0 aromatic heterocycles. The Morgan fingerprint density at radius 3 is 1.50 bits per heavy atom. The molecule has 0 atom stereocenters. The summed E-state index contributed by atoms with van der Waals surface area (Å²) < 4.78 is 0. The number of amides is 1. The van der Waals surface area contributed by atoms with E-state index >= 15 is 0 Å². The molecule has 0 unspecified atom stereocenters. The number of hydrogen-bond acceptors (Lipinski definition) is 2. The van der Waals surface area contributed by atoms with E-state index in [1.165, 1.54) is 134 Å². The predicted octanol–water partition coefficient (Wildman–Crippen LogP) is 10.7. The molecule has 0 heterocycles. The Labute approximate surface area is 248 Å². The average Bonchev–Trinajstić information content (AvgIpc) is 2.94. The summed E-state index contributed by atoms with van der Waals surface area (Å²) in [6.45, 7) is 9.75. The van der Waals surface area contributed by atoms with Crippen LogP contribution in [0.1, 0.15) is 175 Å². The molecule has 40 heavy (non-hydrogen) atoms. The second kappa shape index (κ2) is 22.1. The summed E-state index contributed by atoms with van der Waals surface area (Å²) in [6, 6.07) is 0. The third-order valence-electron chi connectivity index (χ3n) is 9.26. The number of hydrogen-bond donors (Lipinski definition) is 2. The first-order chi connectivity index (χ1) is 19.4. The summed E-state index contributed by atoms with van der Waals surface area (Å²) >= 11 is 0. The first kappa shape index (κ1) is 36.4. The van der Waals surface area contributed by atoms with Gasteiger partial charge < -0.3 is 10.4 Å². The summed E-state index contributed by atoms with van der Waals surface area (Å²) in [4.78, 5) is 23.3. The molecule has 2 N–H and O–H groups in total. The van der Waals surface area contributed by atoms with Gasteiger partial charge in [0, 0.05) is 19.4 Å². The number of carbonyl (C=O) groups is 2. The first-order valence-electron chi connectivity index (χ1n) is 17.3. The molecule has 232 valence electrons. The van der Waals surface area contributed by atoms with E-state index in [1.807, 2.05) is 0 Å². The number of nitrogens with one attached hydrogen (secondary N) is 1. The van der Waals surface area contributed by atoms with Gasteiger partial charge in [0.25, 0.3) is 0 Å². The number of aliphatic carboxylic acids is 1. The molecule has 1 rings (SSSR count). The van der Waals surface area contributed by atoms with Gasteiger partial charge >= 0.3 is 5.97 Å². The lowest BCUT2D eigenvalue weighted by atomic mass is 9.53. The number of carbonyl (C=O) groups excluding carboxylic acids is 1. The van der Waals surface area contributed by atoms with Gasteiger partial charge in [-0.1, -0.05) is 149 Å². The van der Waals surface area contributed by atoms with Crippen LogP contribution in [0.3, 0.4) is 0 Å². The van der Waals surface area contributed by atoms with Crippen LogP contribution in [0.2, 0.25) is 0 Å². The van der Waals surface area contributed by atoms with Crippen molar-refractivity contribution in [2.45, 2.75) is 175 Å². The number of carboxylic acids is 1. The third kappa shape index (κ3) is 13.9. The molecule has 0 saturated heterocycles. The molecule has 4 nitrogen and oxygen atoms in total. The zero-order valence-corrected chi connectivity index (χ0v) is 27.0. The molecule has 0 radical (unpaired) electrons.